The number of halogens is 2. The lowest BCUT2D eigenvalue weighted by atomic mass is 10.1. The third kappa shape index (κ3) is 4.95. The SMILES string of the molecule is C[C@H](OC(=O)c1cc([N+](=O)[O-])ccc1N(C)C)C(=O)Nc1ccc(F)cc1Cl. The predicted molar refractivity (Wildman–Crippen MR) is 102 cm³/mol. The number of nitrogens with zero attached hydrogens (tertiary/aromatic N) is 2. The highest BCUT2D eigenvalue weighted by Gasteiger charge is 2.24. The molecule has 1 N–H and O–H groups in total. The van der Waals surface area contributed by atoms with Crippen molar-refractivity contribution in [2.75, 3.05) is 24.3 Å². The number of benzene rings is 2. The normalized spacial score (nSPS) is 11.5. The number of carbonyl (C=O) groups is 2. The monoisotopic (exact) mass is 409 g/mol. The first-order valence-corrected chi connectivity index (χ1v) is 8.40. The Morgan fingerprint density at radius 2 is 1.93 bits per heavy atom. The minimum Gasteiger partial charge on any atom is -0.449 e. The van der Waals surface area contributed by atoms with E-state index in [4.69, 9.17) is 16.3 Å². The quantitative estimate of drug-likeness (QED) is 0.444. The number of esters is 1. The first-order valence-electron chi connectivity index (χ1n) is 8.02. The summed E-state index contributed by atoms with van der Waals surface area (Å²) in [7, 11) is 3.31. The molecule has 0 unspecified atom stereocenters. The molecular weight excluding hydrogens is 393 g/mol. The number of anilines is 2. The van der Waals surface area contributed by atoms with E-state index < -0.39 is 28.7 Å². The molecule has 1 atom stereocenters. The van der Waals surface area contributed by atoms with Gasteiger partial charge in [-0.15, -0.1) is 0 Å². The Morgan fingerprint density at radius 3 is 2.50 bits per heavy atom. The van der Waals surface area contributed by atoms with Crippen molar-refractivity contribution in [3.05, 3.63) is 62.9 Å². The van der Waals surface area contributed by atoms with Gasteiger partial charge < -0.3 is 15.0 Å². The van der Waals surface area contributed by atoms with Crippen LogP contribution in [0, 0.1) is 15.9 Å². The lowest BCUT2D eigenvalue weighted by Crippen LogP contribution is -2.30. The Labute approximate surface area is 165 Å². The molecular formula is C18H17ClFN3O5. The molecule has 28 heavy (non-hydrogen) atoms. The number of carbonyl (C=O) groups excluding carboxylic acids is 2. The lowest BCUT2D eigenvalue weighted by Gasteiger charge is -2.18. The van der Waals surface area contributed by atoms with E-state index in [1.165, 1.54) is 25.1 Å². The molecule has 0 heterocycles. The van der Waals surface area contributed by atoms with Crippen molar-refractivity contribution in [2.45, 2.75) is 13.0 Å². The van der Waals surface area contributed by atoms with Gasteiger partial charge in [0, 0.05) is 26.2 Å². The van der Waals surface area contributed by atoms with E-state index in [0.29, 0.717) is 5.69 Å². The molecule has 2 aromatic rings. The van der Waals surface area contributed by atoms with E-state index >= 15 is 0 Å². The van der Waals surface area contributed by atoms with Gasteiger partial charge in [-0.1, -0.05) is 11.6 Å². The van der Waals surface area contributed by atoms with Crippen molar-refractivity contribution in [3.8, 4) is 0 Å². The summed E-state index contributed by atoms with van der Waals surface area (Å²) in [6.07, 6.45) is -1.23. The number of rotatable bonds is 6. The maximum Gasteiger partial charge on any atom is 0.341 e. The van der Waals surface area contributed by atoms with Crippen LogP contribution in [0.15, 0.2) is 36.4 Å². The van der Waals surface area contributed by atoms with Crippen LogP contribution in [0.1, 0.15) is 17.3 Å². The standard InChI is InChI=1S/C18H17ClFN3O5/c1-10(17(24)21-15-6-4-11(20)8-14(15)19)28-18(25)13-9-12(23(26)27)5-7-16(13)22(2)3/h4-10H,1-3H3,(H,21,24)/t10-/m0/s1. The Kier molecular flexibility index (Phi) is 6.53. The number of hydrogen-bond acceptors (Lipinski definition) is 6. The number of amides is 1. The van der Waals surface area contributed by atoms with Crippen molar-refractivity contribution in [3.63, 3.8) is 0 Å². The Hall–Kier alpha value is -3.20. The van der Waals surface area contributed by atoms with Gasteiger partial charge in [-0.05, 0) is 31.2 Å². The molecule has 0 aliphatic heterocycles. The summed E-state index contributed by atoms with van der Waals surface area (Å²) in [5.41, 5.74) is 0.205. The first kappa shape index (κ1) is 21.1. The second-order valence-electron chi connectivity index (χ2n) is 6.01. The van der Waals surface area contributed by atoms with Crippen molar-refractivity contribution in [1.29, 1.82) is 0 Å². The average Bonchev–Trinajstić information content (AvgIpc) is 2.63. The Bertz CT molecular complexity index is 935. The molecule has 0 aromatic heterocycles. The van der Waals surface area contributed by atoms with Gasteiger partial charge in [-0.3, -0.25) is 14.9 Å². The molecule has 0 spiro atoms. The van der Waals surface area contributed by atoms with Crippen LogP contribution in [0.25, 0.3) is 0 Å². The number of nitro benzene ring substituents is 1. The van der Waals surface area contributed by atoms with E-state index in [-0.39, 0.29) is 22.0 Å². The van der Waals surface area contributed by atoms with E-state index in [1.54, 1.807) is 19.0 Å². The fourth-order valence-corrected chi connectivity index (χ4v) is 2.51. The first-order chi connectivity index (χ1) is 13.1. The van der Waals surface area contributed by atoms with E-state index in [0.717, 1.165) is 18.2 Å². The Morgan fingerprint density at radius 1 is 1.25 bits per heavy atom. The zero-order valence-corrected chi connectivity index (χ0v) is 16.0. The summed E-state index contributed by atoms with van der Waals surface area (Å²) in [6, 6.07) is 7.18. The van der Waals surface area contributed by atoms with E-state index in [1.807, 2.05) is 0 Å². The van der Waals surface area contributed by atoms with Gasteiger partial charge >= 0.3 is 5.97 Å². The van der Waals surface area contributed by atoms with Crippen LogP contribution in [-0.2, 0) is 9.53 Å². The van der Waals surface area contributed by atoms with Crippen molar-refractivity contribution in [2.24, 2.45) is 0 Å². The maximum absolute atomic E-state index is 13.1. The van der Waals surface area contributed by atoms with E-state index in [2.05, 4.69) is 5.32 Å². The summed E-state index contributed by atoms with van der Waals surface area (Å²) in [4.78, 5) is 36.7. The van der Waals surface area contributed by atoms with Crippen LogP contribution in [0.5, 0.6) is 0 Å². The van der Waals surface area contributed by atoms with Gasteiger partial charge in [-0.2, -0.15) is 0 Å². The Balaban J connectivity index is 2.18. The highest BCUT2D eigenvalue weighted by molar-refractivity contribution is 6.33. The molecule has 0 fully saturated rings. The smallest absolute Gasteiger partial charge is 0.341 e. The lowest BCUT2D eigenvalue weighted by molar-refractivity contribution is -0.384. The van der Waals surface area contributed by atoms with Gasteiger partial charge in [-0.25, -0.2) is 9.18 Å². The molecule has 148 valence electrons. The summed E-state index contributed by atoms with van der Waals surface area (Å²) in [5, 5.41) is 13.4. The molecule has 0 aliphatic rings. The summed E-state index contributed by atoms with van der Waals surface area (Å²) >= 11 is 5.85. The molecule has 0 aliphatic carbocycles. The molecule has 2 rings (SSSR count). The third-order valence-corrected chi connectivity index (χ3v) is 4.05. The summed E-state index contributed by atoms with van der Waals surface area (Å²) in [5.74, 6) is -2.16. The van der Waals surface area contributed by atoms with Crippen LogP contribution in [-0.4, -0.2) is 37.0 Å². The highest BCUT2D eigenvalue weighted by Crippen LogP contribution is 2.26. The molecule has 0 bridgehead atoms. The minimum atomic E-state index is -1.23. The van der Waals surface area contributed by atoms with Crippen LogP contribution in [0.3, 0.4) is 0 Å². The second-order valence-corrected chi connectivity index (χ2v) is 6.42. The minimum absolute atomic E-state index is 0.0135. The van der Waals surface area contributed by atoms with Gasteiger partial charge in [0.2, 0.25) is 0 Å². The summed E-state index contributed by atoms with van der Waals surface area (Å²) < 4.78 is 18.2. The highest BCUT2D eigenvalue weighted by atomic mass is 35.5. The predicted octanol–water partition coefficient (Wildman–Crippen LogP) is 3.64. The van der Waals surface area contributed by atoms with Crippen LogP contribution in [0.2, 0.25) is 5.02 Å². The van der Waals surface area contributed by atoms with Gasteiger partial charge in [0.25, 0.3) is 11.6 Å². The second kappa shape index (κ2) is 8.66. The molecule has 1 amide bonds. The van der Waals surface area contributed by atoms with Gasteiger partial charge in [0.1, 0.15) is 5.82 Å². The molecule has 0 saturated heterocycles. The van der Waals surface area contributed by atoms with Gasteiger partial charge in [0.15, 0.2) is 6.10 Å². The molecule has 2 aromatic carbocycles. The fourth-order valence-electron chi connectivity index (χ4n) is 2.29. The van der Waals surface area contributed by atoms with Crippen molar-refractivity contribution < 1.29 is 23.6 Å². The molecule has 0 saturated carbocycles. The van der Waals surface area contributed by atoms with Crippen LogP contribution in [0.4, 0.5) is 21.5 Å². The largest absolute Gasteiger partial charge is 0.449 e. The maximum atomic E-state index is 13.1. The van der Waals surface area contributed by atoms with Crippen LogP contribution < -0.4 is 10.2 Å². The van der Waals surface area contributed by atoms with Crippen molar-refractivity contribution in [1.82, 2.24) is 0 Å². The van der Waals surface area contributed by atoms with Crippen molar-refractivity contribution >= 4 is 40.5 Å². The fraction of sp³-hybridized carbons (Fsp3) is 0.222. The summed E-state index contributed by atoms with van der Waals surface area (Å²) in [6.45, 7) is 1.33. The van der Waals surface area contributed by atoms with E-state index in [9.17, 15) is 24.1 Å². The molecule has 10 heteroatoms. The number of hydrogen-bond donors (Lipinski definition) is 1. The van der Waals surface area contributed by atoms with Crippen LogP contribution >= 0.6 is 11.6 Å². The van der Waals surface area contributed by atoms with Gasteiger partial charge in [0.05, 0.1) is 26.9 Å². The zero-order chi connectivity index (χ0) is 21.0. The molecule has 8 nitrogen and oxygen atoms in total. The molecule has 0 radical (unpaired) electrons. The number of non-ortho nitro benzene ring substituents is 1. The average molecular weight is 410 g/mol. The number of nitro groups is 1. The topological polar surface area (TPSA) is 102 Å². The third-order valence-electron chi connectivity index (χ3n) is 3.73. The number of ether oxygens (including phenoxy) is 1. The zero-order valence-electron chi connectivity index (χ0n) is 15.2. The number of nitrogens with one attached hydrogen (secondary N) is 1.